The van der Waals surface area contributed by atoms with Crippen LogP contribution in [0.1, 0.15) is 28.2 Å². The predicted molar refractivity (Wildman–Crippen MR) is 138 cm³/mol. The quantitative estimate of drug-likeness (QED) is 0.270. The normalized spacial score (nSPS) is 11.2. The third-order valence-electron chi connectivity index (χ3n) is 5.58. The molecule has 3 heterocycles. The van der Waals surface area contributed by atoms with Gasteiger partial charge in [-0.05, 0) is 61.0 Å². The Hall–Kier alpha value is -4.72. The van der Waals surface area contributed by atoms with E-state index in [4.69, 9.17) is 0 Å². The fourth-order valence-corrected chi connectivity index (χ4v) is 3.81. The molecule has 0 aliphatic rings. The van der Waals surface area contributed by atoms with E-state index in [0.717, 1.165) is 46.6 Å². The predicted octanol–water partition coefficient (Wildman–Crippen LogP) is 4.89. The van der Waals surface area contributed by atoms with Crippen LogP contribution in [0.3, 0.4) is 0 Å². The summed E-state index contributed by atoms with van der Waals surface area (Å²) in [5, 5.41) is 14.9. The molecule has 5 aromatic rings. The summed E-state index contributed by atoms with van der Waals surface area (Å²) in [6.45, 7) is 1.39. The molecule has 0 aliphatic carbocycles. The zero-order valence-corrected chi connectivity index (χ0v) is 19.1. The average molecular weight is 464 g/mol. The highest BCUT2D eigenvalue weighted by Crippen LogP contribution is 2.26. The summed E-state index contributed by atoms with van der Waals surface area (Å²) in [7, 11) is 0. The van der Waals surface area contributed by atoms with E-state index in [0.29, 0.717) is 12.1 Å². The SMILES string of the molecule is O=C(NCCCn1ccnc1)c1ccccc1Nc1ccc2c(/C=C/c3ccccn3)n[nH]c2c1. The van der Waals surface area contributed by atoms with Gasteiger partial charge in [-0.3, -0.25) is 14.9 Å². The number of hydrogen-bond donors (Lipinski definition) is 3. The number of amides is 1. The lowest BCUT2D eigenvalue weighted by atomic mass is 10.1. The standard InChI is InChI=1S/C27H25N7O/c35-27(30-14-5-16-34-17-15-28-19-34)23-7-1-2-8-24(23)31-21-9-11-22-25(32-33-26(22)18-21)12-10-20-6-3-4-13-29-20/h1-4,6-13,15,17-19,31H,5,14,16H2,(H,30,35)(H,32,33)/b12-10+. The molecule has 1 amide bonds. The summed E-state index contributed by atoms with van der Waals surface area (Å²) < 4.78 is 1.99. The van der Waals surface area contributed by atoms with Crippen LogP contribution in [0.2, 0.25) is 0 Å². The van der Waals surface area contributed by atoms with Crippen LogP contribution in [-0.4, -0.2) is 37.2 Å². The lowest BCUT2D eigenvalue weighted by Crippen LogP contribution is -2.25. The van der Waals surface area contributed by atoms with Gasteiger partial charge >= 0.3 is 0 Å². The number of nitrogens with one attached hydrogen (secondary N) is 3. The molecule has 0 unspecified atom stereocenters. The van der Waals surface area contributed by atoms with Gasteiger partial charge in [0, 0.05) is 42.8 Å². The van der Waals surface area contributed by atoms with Crippen molar-refractivity contribution in [3.05, 3.63) is 103 Å². The van der Waals surface area contributed by atoms with Crippen molar-refractivity contribution in [3.63, 3.8) is 0 Å². The van der Waals surface area contributed by atoms with Gasteiger partial charge in [0.25, 0.3) is 5.91 Å². The number of carbonyl (C=O) groups is 1. The average Bonchev–Trinajstić information content (AvgIpc) is 3.56. The van der Waals surface area contributed by atoms with Crippen molar-refractivity contribution in [1.29, 1.82) is 0 Å². The van der Waals surface area contributed by atoms with Crippen LogP contribution >= 0.6 is 0 Å². The van der Waals surface area contributed by atoms with E-state index >= 15 is 0 Å². The second kappa shape index (κ2) is 10.5. The summed E-state index contributed by atoms with van der Waals surface area (Å²) in [4.78, 5) is 21.2. The maximum absolute atomic E-state index is 12.8. The van der Waals surface area contributed by atoms with E-state index in [-0.39, 0.29) is 5.91 Å². The second-order valence-corrected chi connectivity index (χ2v) is 8.04. The van der Waals surface area contributed by atoms with Gasteiger partial charge in [0.2, 0.25) is 0 Å². The highest BCUT2D eigenvalue weighted by Gasteiger charge is 2.11. The second-order valence-electron chi connectivity index (χ2n) is 8.04. The van der Waals surface area contributed by atoms with Crippen molar-refractivity contribution in [2.75, 3.05) is 11.9 Å². The van der Waals surface area contributed by atoms with E-state index in [1.165, 1.54) is 0 Å². The van der Waals surface area contributed by atoms with Crippen molar-refractivity contribution in [2.45, 2.75) is 13.0 Å². The van der Waals surface area contributed by atoms with Crippen molar-refractivity contribution in [2.24, 2.45) is 0 Å². The minimum atomic E-state index is -0.108. The number of rotatable bonds is 9. The number of aromatic amines is 1. The summed E-state index contributed by atoms with van der Waals surface area (Å²) >= 11 is 0. The number of fused-ring (bicyclic) bond motifs is 1. The monoisotopic (exact) mass is 463 g/mol. The molecule has 3 N–H and O–H groups in total. The fourth-order valence-electron chi connectivity index (χ4n) is 3.81. The molecule has 8 nitrogen and oxygen atoms in total. The number of pyridine rings is 1. The Bertz CT molecular complexity index is 1440. The molecule has 0 fully saturated rings. The van der Waals surface area contributed by atoms with Gasteiger partial charge in [-0.2, -0.15) is 5.10 Å². The molecule has 3 aromatic heterocycles. The topological polar surface area (TPSA) is 101 Å². The first-order chi connectivity index (χ1) is 17.3. The van der Waals surface area contributed by atoms with Gasteiger partial charge < -0.3 is 15.2 Å². The summed E-state index contributed by atoms with van der Waals surface area (Å²) in [5.74, 6) is -0.108. The van der Waals surface area contributed by atoms with E-state index in [2.05, 4.69) is 30.8 Å². The molecule has 35 heavy (non-hydrogen) atoms. The maximum atomic E-state index is 12.8. The smallest absolute Gasteiger partial charge is 0.253 e. The van der Waals surface area contributed by atoms with Crippen molar-refractivity contribution in [3.8, 4) is 0 Å². The van der Waals surface area contributed by atoms with Gasteiger partial charge in [0.15, 0.2) is 0 Å². The van der Waals surface area contributed by atoms with E-state index in [1.54, 1.807) is 18.7 Å². The number of carbonyl (C=O) groups excluding carboxylic acids is 1. The number of aryl methyl sites for hydroxylation is 1. The summed E-state index contributed by atoms with van der Waals surface area (Å²) in [6, 6.07) is 19.3. The molecule has 0 atom stereocenters. The Morgan fingerprint density at radius 2 is 1.94 bits per heavy atom. The molecule has 0 bridgehead atoms. The van der Waals surface area contributed by atoms with Crippen LogP contribution in [0.25, 0.3) is 23.1 Å². The highest BCUT2D eigenvalue weighted by molar-refractivity contribution is 6.00. The first kappa shape index (κ1) is 22.1. The molecule has 2 aromatic carbocycles. The minimum absolute atomic E-state index is 0.108. The Labute approximate surface area is 202 Å². The molecule has 0 aliphatic heterocycles. The van der Waals surface area contributed by atoms with Gasteiger partial charge in [0.05, 0.1) is 34.5 Å². The lowest BCUT2D eigenvalue weighted by Gasteiger charge is -2.12. The molecule has 0 saturated heterocycles. The minimum Gasteiger partial charge on any atom is -0.355 e. The Balaban J connectivity index is 1.26. The number of benzene rings is 2. The zero-order chi connectivity index (χ0) is 23.9. The van der Waals surface area contributed by atoms with Crippen LogP contribution in [0.4, 0.5) is 11.4 Å². The maximum Gasteiger partial charge on any atom is 0.253 e. The summed E-state index contributed by atoms with van der Waals surface area (Å²) in [6.07, 6.45) is 11.9. The Morgan fingerprint density at radius 1 is 1.03 bits per heavy atom. The Morgan fingerprint density at radius 3 is 2.80 bits per heavy atom. The lowest BCUT2D eigenvalue weighted by molar-refractivity contribution is 0.0953. The molecule has 5 rings (SSSR count). The van der Waals surface area contributed by atoms with Crippen LogP contribution in [0, 0.1) is 0 Å². The van der Waals surface area contributed by atoms with Gasteiger partial charge in [-0.25, -0.2) is 4.98 Å². The first-order valence-corrected chi connectivity index (χ1v) is 11.4. The van der Waals surface area contributed by atoms with Gasteiger partial charge in [0.1, 0.15) is 0 Å². The number of nitrogens with zero attached hydrogens (tertiary/aromatic N) is 4. The van der Waals surface area contributed by atoms with Crippen molar-refractivity contribution < 1.29 is 4.79 Å². The van der Waals surface area contributed by atoms with Crippen molar-refractivity contribution in [1.82, 2.24) is 30.0 Å². The van der Waals surface area contributed by atoms with Crippen molar-refractivity contribution >= 4 is 40.3 Å². The van der Waals surface area contributed by atoms with Crippen LogP contribution in [0.5, 0.6) is 0 Å². The number of H-pyrrole nitrogens is 1. The Kier molecular flexibility index (Phi) is 6.61. The molecule has 174 valence electrons. The molecule has 0 radical (unpaired) electrons. The van der Waals surface area contributed by atoms with Crippen LogP contribution in [-0.2, 0) is 6.54 Å². The van der Waals surface area contributed by atoms with Gasteiger partial charge in [-0.15, -0.1) is 0 Å². The fraction of sp³-hybridized carbons (Fsp3) is 0.111. The third-order valence-corrected chi connectivity index (χ3v) is 5.58. The molecular weight excluding hydrogens is 438 g/mol. The molecule has 0 spiro atoms. The molecular formula is C27H25N7O. The molecule has 0 saturated carbocycles. The van der Waals surface area contributed by atoms with E-state index in [1.807, 2.05) is 83.6 Å². The van der Waals surface area contributed by atoms with Crippen LogP contribution < -0.4 is 10.6 Å². The number of aromatic nitrogens is 5. The summed E-state index contributed by atoms with van der Waals surface area (Å²) in [5.41, 5.74) is 4.82. The highest BCUT2D eigenvalue weighted by atomic mass is 16.1. The number of para-hydroxylation sites is 1. The number of hydrogen-bond acceptors (Lipinski definition) is 5. The van der Waals surface area contributed by atoms with E-state index < -0.39 is 0 Å². The number of anilines is 2. The molecule has 8 heteroatoms. The van der Waals surface area contributed by atoms with Crippen LogP contribution in [0.15, 0.2) is 85.6 Å². The third kappa shape index (κ3) is 5.44. The number of imidazole rings is 1. The zero-order valence-electron chi connectivity index (χ0n) is 19.1. The largest absolute Gasteiger partial charge is 0.355 e. The van der Waals surface area contributed by atoms with E-state index in [9.17, 15) is 4.79 Å². The van der Waals surface area contributed by atoms with Gasteiger partial charge in [-0.1, -0.05) is 18.2 Å². The first-order valence-electron chi connectivity index (χ1n) is 11.4.